The van der Waals surface area contributed by atoms with Crippen molar-refractivity contribution in [3.63, 3.8) is 0 Å². The summed E-state index contributed by atoms with van der Waals surface area (Å²) in [7, 11) is 0. The molecule has 0 aromatic carbocycles. The minimum atomic E-state index is 0.680. The van der Waals surface area contributed by atoms with E-state index in [-0.39, 0.29) is 0 Å². The Bertz CT molecular complexity index is 412. The molecule has 1 aliphatic heterocycles. The number of aromatic nitrogens is 1. The molecular formula is C16H27N3S. The van der Waals surface area contributed by atoms with Gasteiger partial charge in [-0.2, -0.15) is 11.8 Å². The smallest absolute Gasteiger partial charge is 0.0562 e. The van der Waals surface area contributed by atoms with Crippen LogP contribution in [0.15, 0.2) is 18.3 Å². The number of thioether (sulfide) groups is 1. The van der Waals surface area contributed by atoms with Gasteiger partial charge in [0.25, 0.3) is 0 Å². The van der Waals surface area contributed by atoms with Gasteiger partial charge in [0.05, 0.1) is 5.69 Å². The maximum atomic E-state index is 4.47. The number of hydrogen-bond donors (Lipinski definition) is 1. The van der Waals surface area contributed by atoms with Crippen LogP contribution in [0.5, 0.6) is 0 Å². The Hall–Kier alpha value is -0.740. The van der Waals surface area contributed by atoms with Gasteiger partial charge in [0.1, 0.15) is 0 Å². The summed E-state index contributed by atoms with van der Waals surface area (Å²) in [5.41, 5.74) is 2.46. The van der Waals surface area contributed by atoms with Crippen LogP contribution in [-0.2, 0) is 6.54 Å². The van der Waals surface area contributed by atoms with Crippen molar-refractivity contribution in [2.75, 3.05) is 24.5 Å². The SMILES string of the molecule is CC(C)CNCc1cc(N2CC(C)SC(C)C2)ccn1. The van der Waals surface area contributed by atoms with E-state index >= 15 is 0 Å². The minimum absolute atomic E-state index is 0.680. The molecule has 2 heterocycles. The first-order valence-corrected chi connectivity index (χ1v) is 8.55. The Morgan fingerprint density at radius 1 is 1.35 bits per heavy atom. The van der Waals surface area contributed by atoms with Crippen LogP contribution >= 0.6 is 11.8 Å². The summed E-state index contributed by atoms with van der Waals surface area (Å²) in [5, 5.41) is 4.87. The monoisotopic (exact) mass is 293 g/mol. The molecule has 1 aromatic rings. The Balaban J connectivity index is 1.98. The van der Waals surface area contributed by atoms with Gasteiger partial charge in [-0.05, 0) is 24.6 Å². The largest absolute Gasteiger partial charge is 0.369 e. The second-order valence-corrected chi connectivity index (χ2v) is 8.07. The van der Waals surface area contributed by atoms with Crippen molar-refractivity contribution in [3.05, 3.63) is 24.0 Å². The predicted molar refractivity (Wildman–Crippen MR) is 89.5 cm³/mol. The molecule has 1 aromatic heterocycles. The molecule has 2 unspecified atom stereocenters. The molecule has 1 N–H and O–H groups in total. The average molecular weight is 293 g/mol. The van der Waals surface area contributed by atoms with Gasteiger partial charge >= 0.3 is 0 Å². The van der Waals surface area contributed by atoms with Gasteiger partial charge in [-0.25, -0.2) is 0 Å². The number of rotatable bonds is 5. The highest BCUT2D eigenvalue weighted by Crippen LogP contribution is 2.28. The fourth-order valence-electron chi connectivity index (χ4n) is 2.64. The van der Waals surface area contributed by atoms with Gasteiger partial charge in [-0.1, -0.05) is 27.7 Å². The van der Waals surface area contributed by atoms with Crippen LogP contribution in [0.4, 0.5) is 5.69 Å². The van der Waals surface area contributed by atoms with E-state index in [1.807, 2.05) is 6.20 Å². The molecule has 0 bridgehead atoms. The maximum absolute atomic E-state index is 4.47. The highest BCUT2D eigenvalue weighted by atomic mass is 32.2. The normalized spacial score (nSPS) is 23.4. The molecule has 0 aliphatic carbocycles. The van der Waals surface area contributed by atoms with E-state index in [1.165, 1.54) is 5.69 Å². The highest BCUT2D eigenvalue weighted by molar-refractivity contribution is 8.00. The van der Waals surface area contributed by atoms with Crippen molar-refractivity contribution >= 4 is 17.4 Å². The van der Waals surface area contributed by atoms with Gasteiger partial charge in [-0.15, -0.1) is 0 Å². The first-order valence-electron chi connectivity index (χ1n) is 7.60. The quantitative estimate of drug-likeness (QED) is 0.902. The lowest BCUT2D eigenvalue weighted by Gasteiger charge is -2.36. The molecular weight excluding hydrogens is 266 g/mol. The molecule has 112 valence electrons. The second-order valence-electron chi connectivity index (χ2n) is 6.19. The topological polar surface area (TPSA) is 28.2 Å². The lowest BCUT2D eigenvalue weighted by Crippen LogP contribution is -2.40. The Morgan fingerprint density at radius 3 is 2.70 bits per heavy atom. The predicted octanol–water partition coefficient (Wildman–Crippen LogP) is 3.16. The van der Waals surface area contributed by atoms with E-state index in [0.717, 1.165) is 31.9 Å². The fourth-order valence-corrected chi connectivity index (χ4v) is 3.96. The molecule has 0 saturated carbocycles. The van der Waals surface area contributed by atoms with E-state index in [0.29, 0.717) is 16.4 Å². The molecule has 4 heteroatoms. The molecule has 2 rings (SSSR count). The van der Waals surface area contributed by atoms with Crippen LogP contribution in [0.25, 0.3) is 0 Å². The summed E-state index contributed by atoms with van der Waals surface area (Å²) in [6.45, 7) is 13.3. The third kappa shape index (κ3) is 4.67. The molecule has 0 radical (unpaired) electrons. The van der Waals surface area contributed by atoms with E-state index in [9.17, 15) is 0 Å². The third-order valence-corrected chi connectivity index (χ3v) is 4.67. The van der Waals surface area contributed by atoms with Gasteiger partial charge in [0.15, 0.2) is 0 Å². The average Bonchev–Trinajstić information content (AvgIpc) is 2.37. The number of hydrogen-bond acceptors (Lipinski definition) is 4. The van der Waals surface area contributed by atoms with E-state index in [4.69, 9.17) is 0 Å². The summed E-state index contributed by atoms with van der Waals surface area (Å²) < 4.78 is 0. The molecule has 20 heavy (non-hydrogen) atoms. The van der Waals surface area contributed by atoms with E-state index < -0.39 is 0 Å². The Kier molecular flexibility index (Phi) is 5.73. The summed E-state index contributed by atoms with van der Waals surface area (Å²) in [5.74, 6) is 0.680. The fraction of sp³-hybridized carbons (Fsp3) is 0.688. The molecule has 1 saturated heterocycles. The van der Waals surface area contributed by atoms with Gasteiger partial charge in [0, 0.05) is 42.0 Å². The second kappa shape index (κ2) is 7.32. The van der Waals surface area contributed by atoms with E-state index in [2.05, 4.69) is 66.8 Å². The van der Waals surface area contributed by atoms with Crippen LogP contribution in [0.3, 0.4) is 0 Å². The zero-order valence-electron chi connectivity index (χ0n) is 13.1. The van der Waals surface area contributed by atoms with Crippen molar-refractivity contribution < 1.29 is 0 Å². The van der Waals surface area contributed by atoms with Crippen LogP contribution in [0, 0.1) is 5.92 Å². The number of nitrogens with one attached hydrogen (secondary N) is 1. The lowest BCUT2D eigenvalue weighted by atomic mass is 10.2. The first kappa shape index (κ1) is 15.6. The van der Waals surface area contributed by atoms with Gasteiger partial charge < -0.3 is 10.2 Å². The van der Waals surface area contributed by atoms with Crippen molar-refractivity contribution in [3.8, 4) is 0 Å². The first-order chi connectivity index (χ1) is 9.54. The standard InChI is InChI=1S/C16H27N3S/c1-12(2)8-17-9-15-7-16(5-6-18-15)19-10-13(3)20-14(4)11-19/h5-7,12-14,17H,8-11H2,1-4H3. The van der Waals surface area contributed by atoms with Crippen LogP contribution in [-0.4, -0.2) is 35.1 Å². The Morgan fingerprint density at radius 2 is 2.05 bits per heavy atom. The van der Waals surface area contributed by atoms with Gasteiger partial charge in [0.2, 0.25) is 0 Å². The van der Waals surface area contributed by atoms with Crippen LogP contribution in [0.1, 0.15) is 33.4 Å². The summed E-state index contributed by atoms with van der Waals surface area (Å²) in [6, 6.07) is 4.38. The Labute approximate surface area is 127 Å². The summed E-state index contributed by atoms with van der Waals surface area (Å²) >= 11 is 2.09. The summed E-state index contributed by atoms with van der Waals surface area (Å²) in [6.07, 6.45) is 1.94. The highest BCUT2D eigenvalue weighted by Gasteiger charge is 2.22. The van der Waals surface area contributed by atoms with Gasteiger partial charge in [-0.3, -0.25) is 4.98 Å². The lowest BCUT2D eigenvalue weighted by molar-refractivity contribution is 0.548. The zero-order chi connectivity index (χ0) is 14.5. The maximum Gasteiger partial charge on any atom is 0.0562 e. The minimum Gasteiger partial charge on any atom is -0.369 e. The molecule has 1 aliphatic rings. The van der Waals surface area contributed by atoms with Crippen molar-refractivity contribution in [2.24, 2.45) is 5.92 Å². The third-order valence-electron chi connectivity index (χ3n) is 3.44. The van der Waals surface area contributed by atoms with Crippen molar-refractivity contribution in [2.45, 2.75) is 44.7 Å². The molecule has 1 fully saturated rings. The van der Waals surface area contributed by atoms with Crippen molar-refractivity contribution in [1.82, 2.24) is 10.3 Å². The zero-order valence-corrected chi connectivity index (χ0v) is 13.9. The van der Waals surface area contributed by atoms with Crippen LogP contribution in [0.2, 0.25) is 0 Å². The number of anilines is 1. The molecule has 0 spiro atoms. The molecule has 2 atom stereocenters. The molecule has 3 nitrogen and oxygen atoms in total. The van der Waals surface area contributed by atoms with Crippen molar-refractivity contribution in [1.29, 1.82) is 0 Å². The van der Waals surface area contributed by atoms with Crippen LogP contribution < -0.4 is 10.2 Å². The summed E-state index contributed by atoms with van der Waals surface area (Å²) in [4.78, 5) is 6.97. The van der Waals surface area contributed by atoms with E-state index in [1.54, 1.807) is 0 Å². The number of pyridine rings is 1. The number of nitrogens with zero attached hydrogens (tertiary/aromatic N) is 2. The molecule has 0 amide bonds.